The number of nitrogens with zero attached hydrogens (tertiary/aromatic N) is 1. The van der Waals surface area contributed by atoms with Crippen molar-refractivity contribution in [3.63, 3.8) is 0 Å². The van der Waals surface area contributed by atoms with Gasteiger partial charge in [-0.2, -0.15) is 0 Å². The van der Waals surface area contributed by atoms with Crippen LogP contribution in [0.1, 0.15) is 16.1 Å². The van der Waals surface area contributed by atoms with Crippen LogP contribution < -0.4 is 5.32 Å². The van der Waals surface area contributed by atoms with Crippen molar-refractivity contribution in [3.8, 4) is 0 Å². The van der Waals surface area contributed by atoms with E-state index in [2.05, 4.69) is 10.3 Å². The fourth-order valence-electron chi connectivity index (χ4n) is 2.77. The Hall–Kier alpha value is -2.78. The third-order valence-corrected chi connectivity index (χ3v) is 6.17. The van der Waals surface area contributed by atoms with Crippen molar-refractivity contribution in [1.82, 2.24) is 4.98 Å². The van der Waals surface area contributed by atoms with Gasteiger partial charge in [-0.3, -0.25) is 10.1 Å². The van der Waals surface area contributed by atoms with Gasteiger partial charge in [-0.15, -0.1) is 0 Å². The number of fused-ring (bicyclic) bond motifs is 2. The normalized spacial score (nSPS) is 12.0. The van der Waals surface area contributed by atoms with Crippen LogP contribution in [0, 0.1) is 12.7 Å². The van der Waals surface area contributed by atoms with Gasteiger partial charge >= 0.3 is 0 Å². The molecule has 0 atom stereocenters. The van der Waals surface area contributed by atoms with E-state index in [9.17, 15) is 17.6 Å². The van der Waals surface area contributed by atoms with Crippen LogP contribution in [-0.2, 0) is 9.84 Å². The van der Waals surface area contributed by atoms with Crippen molar-refractivity contribution >= 4 is 53.4 Å². The summed E-state index contributed by atoms with van der Waals surface area (Å²) in [6.45, 7) is 1.68. The molecular formula is C18H13FN2O4S2. The number of carbonyl (C=O) groups excluding carboxylic acids is 1. The number of carbonyl (C=O) groups is 1. The molecule has 1 N–H and O–H groups in total. The van der Waals surface area contributed by atoms with Crippen LogP contribution in [0.15, 0.2) is 45.7 Å². The summed E-state index contributed by atoms with van der Waals surface area (Å²) in [5.74, 6) is -1.08. The average molecular weight is 404 g/mol. The molecule has 0 fully saturated rings. The van der Waals surface area contributed by atoms with E-state index >= 15 is 0 Å². The molecule has 4 rings (SSSR count). The van der Waals surface area contributed by atoms with Gasteiger partial charge in [0.25, 0.3) is 5.91 Å². The Balaban J connectivity index is 1.69. The van der Waals surface area contributed by atoms with Crippen LogP contribution in [0.5, 0.6) is 0 Å². The van der Waals surface area contributed by atoms with Crippen molar-refractivity contribution in [2.24, 2.45) is 0 Å². The summed E-state index contributed by atoms with van der Waals surface area (Å²) in [4.78, 5) is 17.0. The fraction of sp³-hybridized carbons (Fsp3) is 0.111. The maximum absolute atomic E-state index is 13.9. The highest BCUT2D eigenvalue weighted by Gasteiger charge is 2.21. The van der Waals surface area contributed by atoms with Crippen LogP contribution in [0.3, 0.4) is 0 Å². The number of benzene rings is 2. The van der Waals surface area contributed by atoms with Crippen molar-refractivity contribution < 1.29 is 22.0 Å². The zero-order chi connectivity index (χ0) is 19.3. The van der Waals surface area contributed by atoms with E-state index in [1.807, 2.05) is 0 Å². The highest BCUT2D eigenvalue weighted by atomic mass is 32.2. The van der Waals surface area contributed by atoms with Gasteiger partial charge in [0.15, 0.2) is 32.1 Å². The van der Waals surface area contributed by atoms with Gasteiger partial charge in [0, 0.05) is 17.2 Å². The van der Waals surface area contributed by atoms with Crippen LogP contribution in [0.2, 0.25) is 0 Å². The van der Waals surface area contributed by atoms with E-state index < -0.39 is 21.6 Å². The number of nitrogens with one attached hydrogen (secondary N) is 1. The molecule has 0 bridgehead atoms. The Morgan fingerprint density at radius 2 is 2.04 bits per heavy atom. The number of amides is 1. The summed E-state index contributed by atoms with van der Waals surface area (Å²) < 4.78 is 43.2. The maximum atomic E-state index is 13.9. The summed E-state index contributed by atoms with van der Waals surface area (Å²) in [7, 11) is -3.33. The third-order valence-electron chi connectivity index (χ3n) is 4.13. The van der Waals surface area contributed by atoms with Crippen LogP contribution in [0.4, 0.5) is 9.52 Å². The first-order valence-electron chi connectivity index (χ1n) is 7.83. The molecule has 2 heterocycles. The van der Waals surface area contributed by atoms with Crippen molar-refractivity contribution in [2.45, 2.75) is 11.8 Å². The molecule has 0 aliphatic carbocycles. The highest BCUT2D eigenvalue weighted by Crippen LogP contribution is 2.31. The second-order valence-corrected chi connectivity index (χ2v) is 9.09. The molecule has 138 valence electrons. The Morgan fingerprint density at radius 1 is 1.26 bits per heavy atom. The molecule has 1 amide bonds. The van der Waals surface area contributed by atoms with Crippen molar-refractivity contribution in [2.75, 3.05) is 11.6 Å². The number of halogens is 1. The van der Waals surface area contributed by atoms with Gasteiger partial charge < -0.3 is 4.42 Å². The summed E-state index contributed by atoms with van der Waals surface area (Å²) in [6, 6.07) is 9.06. The molecule has 0 aliphatic rings. The number of rotatable bonds is 3. The highest BCUT2D eigenvalue weighted by molar-refractivity contribution is 7.90. The van der Waals surface area contributed by atoms with Crippen LogP contribution >= 0.6 is 11.3 Å². The summed E-state index contributed by atoms with van der Waals surface area (Å²) in [6.07, 6.45) is 1.13. The third kappa shape index (κ3) is 3.08. The zero-order valence-corrected chi connectivity index (χ0v) is 15.9. The van der Waals surface area contributed by atoms with E-state index in [0.29, 0.717) is 26.3 Å². The van der Waals surface area contributed by atoms with Gasteiger partial charge in [0.05, 0.1) is 15.1 Å². The molecular weight excluding hydrogens is 391 g/mol. The smallest absolute Gasteiger partial charge is 0.293 e. The Kier molecular flexibility index (Phi) is 4.01. The van der Waals surface area contributed by atoms with Gasteiger partial charge in [-0.25, -0.2) is 17.8 Å². The number of sulfone groups is 1. The molecule has 2 aromatic carbocycles. The van der Waals surface area contributed by atoms with E-state index in [0.717, 1.165) is 17.6 Å². The molecule has 0 spiro atoms. The number of hydrogen-bond donors (Lipinski definition) is 1. The standard InChI is InChI=1S/C18H13FN2O4S2/c1-9-11-4-3-5-12(19)16(11)25-15(9)17(22)21-18-20-13-7-6-10(27(2,23)24)8-14(13)26-18/h3-8H,1-2H3,(H,20,21,22). The number of aromatic nitrogens is 1. The maximum Gasteiger partial charge on any atom is 0.293 e. The van der Waals surface area contributed by atoms with E-state index in [1.54, 1.807) is 25.1 Å². The quantitative estimate of drug-likeness (QED) is 0.554. The number of para-hydroxylation sites is 1. The molecule has 0 saturated heterocycles. The predicted molar refractivity (Wildman–Crippen MR) is 102 cm³/mol. The van der Waals surface area contributed by atoms with Crippen molar-refractivity contribution in [3.05, 3.63) is 53.5 Å². The largest absolute Gasteiger partial charge is 0.448 e. The lowest BCUT2D eigenvalue weighted by Gasteiger charge is -1.98. The molecule has 9 heteroatoms. The first-order valence-corrected chi connectivity index (χ1v) is 10.5. The number of hydrogen-bond acceptors (Lipinski definition) is 6. The second-order valence-electron chi connectivity index (χ2n) is 6.05. The monoisotopic (exact) mass is 404 g/mol. The lowest BCUT2D eigenvalue weighted by atomic mass is 10.1. The van der Waals surface area contributed by atoms with Crippen molar-refractivity contribution in [1.29, 1.82) is 0 Å². The average Bonchev–Trinajstić information content (AvgIpc) is 3.15. The fourth-order valence-corrected chi connectivity index (χ4v) is 4.39. The number of furan rings is 1. The Bertz CT molecular complexity index is 1320. The van der Waals surface area contributed by atoms with Crippen LogP contribution in [0.25, 0.3) is 21.2 Å². The molecule has 27 heavy (non-hydrogen) atoms. The lowest BCUT2D eigenvalue weighted by molar-refractivity contribution is 0.0997. The minimum atomic E-state index is -3.33. The molecule has 2 aromatic heterocycles. The number of anilines is 1. The van der Waals surface area contributed by atoms with E-state index in [4.69, 9.17) is 4.42 Å². The number of aryl methyl sites for hydroxylation is 1. The van der Waals surface area contributed by atoms with Gasteiger partial charge in [0.1, 0.15) is 0 Å². The van der Waals surface area contributed by atoms with E-state index in [-0.39, 0.29) is 16.2 Å². The Morgan fingerprint density at radius 3 is 2.74 bits per heavy atom. The van der Waals surface area contributed by atoms with Gasteiger partial charge in [-0.05, 0) is 31.2 Å². The second kappa shape index (κ2) is 6.14. The van der Waals surface area contributed by atoms with Gasteiger partial charge in [-0.1, -0.05) is 23.5 Å². The lowest BCUT2D eigenvalue weighted by Crippen LogP contribution is -2.11. The van der Waals surface area contributed by atoms with E-state index in [1.165, 1.54) is 18.2 Å². The van der Waals surface area contributed by atoms with Crippen LogP contribution in [-0.4, -0.2) is 25.6 Å². The number of thiazole rings is 1. The molecule has 0 saturated carbocycles. The minimum Gasteiger partial charge on any atom is -0.448 e. The molecule has 0 radical (unpaired) electrons. The zero-order valence-electron chi connectivity index (χ0n) is 14.2. The minimum absolute atomic E-state index is 0.00572. The summed E-state index contributed by atoms with van der Waals surface area (Å²) >= 11 is 1.14. The molecule has 0 unspecified atom stereocenters. The summed E-state index contributed by atoms with van der Waals surface area (Å²) in [5.41, 5.74) is 1.12. The summed E-state index contributed by atoms with van der Waals surface area (Å²) in [5, 5.41) is 3.45. The molecule has 0 aliphatic heterocycles. The predicted octanol–water partition coefficient (Wildman–Crippen LogP) is 4.15. The molecule has 6 nitrogen and oxygen atoms in total. The molecule has 4 aromatic rings. The Labute approximate surface area is 157 Å². The first-order chi connectivity index (χ1) is 12.7. The topological polar surface area (TPSA) is 89.3 Å². The SMILES string of the molecule is Cc1c(C(=O)Nc2nc3ccc(S(C)(=O)=O)cc3s2)oc2c(F)cccc12. The van der Waals surface area contributed by atoms with Gasteiger partial charge in [0.2, 0.25) is 0 Å². The first kappa shape index (κ1) is 17.6.